The van der Waals surface area contributed by atoms with Gasteiger partial charge in [-0.25, -0.2) is 0 Å². The van der Waals surface area contributed by atoms with Crippen LogP contribution in [0.1, 0.15) is 44.9 Å². The second-order valence-corrected chi connectivity index (χ2v) is 7.13. The molecule has 0 amide bonds. The third-order valence-electron chi connectivity index (χ3n) is 3.46. The van der Waals surface area contributed by atoms with Crippen molar-refractivity contribution in [3.8, 4) is 0 Å². The Bertz CT molecular complexity index is 584. The molecule has 0 fully saturated rings. The molecule has 2 aromatic carbocycles. The summed E-state index contributed by atoms with van der Waals surface area (Å²) in [4.78, 5) is 0. The van der Waals surface area contributed by atoms with Crippen LogP contribution in [0.15, 0.2) is 53.0 Å². The highest BCUT2D eigenvalue weighted by Gasteiger charge is 2.18. The average Bonchev–Trinajstić information content (AvgIpc) is 2.38. The van der Waals surface area contributed by atoms with Crippen LogP contribution in [0.5, 0.6) is 0 Å². The quantitative estimate of drug-likeness (QED) is 0.736. The van der Waals surface area contributed by atoms with Gasteiger partial charge in [0.25, 0.3) is 0 Å². The van der Waals surface area contributed by atoms with E-state index in [0.29, 0.717) is 0 Å². The molecule has 0 bridgehead atoms. The Morgan fingerprint density at radius 1 is 1.00 bits per heavy atom. The van der Waals surface area contributed by atoms with Gasteiger partial charge in [0.05, 0.1) is 0 Å². The summed E-state index contributed by atoms with van der Waals surface area (Å²) in [6, 6.07) is 17.3. The molecule has 0 spiro atoms. The topological polar surface area (TPSA) is 12.0 Å². The highest BCUT2D eigenvalue weighted by atomic mass is 79.9. The second kappa shape index (κ2) is 6.01. The van der Waals surface area contributed by atoms with Gasteiger partial charge in [0, 0.05) is 16.2 Å². The van der Waals surface area contributed by atoms with Crippen LogP contribution < -0.4 is 5.32 Å². The lowest BCUT2D eigenvalue weighted by Crippen LogP contribution is -2.16. The van der Waals surface area contributed by atoms with Crippen LogP contribution in [0.4, 0.5) is 5.69 Å². The van der Waals surface area contributed by atoms with E-state index in [2.05, 4.69) is 97.5 Å². The smallest absolute Gasteiger partial charge is 0.0486 e. The molecule has 0 heterocycles. The highest BCUT2D eigenvalue weighted by Crippen LogP contribution is 2.31. The Morgan fingerprint density at radius 2 is 1.70 bits per heavy atom. The molecule has 0 saturated heterocycles. The zero-order valence-electron chi connectivity index (χ0n) is 12.6. The predicted molar refractivity (Wildman–Crippen MR) is 91.3 cm³/mol. The van der Waals surface area contributed by atoms with Gasteiger partial charge in [-0.05, 0) is 41.7 Å². The Kier molecular flexibility index (Phi) is 4.54. The maximum atomic E-state index is 3.64. The maximum absolute atomic E-state index is 3.64. The first-order valence-electron chi connectivity index (χ1n) is 6.99. The van der Waals surface area contributed by atoms with E-state index in [4.69, 9.17) is 0 Å². The standard InChI is InChI=1S/C18H22BrN/c1-13(14-8-7-9-15(19)12-14)20-17-11-6-5-10-16(17)18(2,3)4/h5-13,20H,1-4H3. The fourth-order valence-corrected chi connectivity index (χ4v) is 2.77. The molecule has 106 valence electrons. The van der Waals surface area contributed by atoms with E-state index < -0.39 is 0 Å². The van der Waals surface area contributed by atoms with Gasteiger partial charge in [0.1, 0.15) is 0 Å². The minimum absolute atomic E-state index is 0.139. The summed E-state index contributed by atoms with van der Waals surface area (Å²) < 4.78 is 1.12. The summed E-state index contributed by atoms with van der Waals surface area (Å²) in [5, 5.41) is 3.64. The van der Waals surface area contributed by atoms with Gasteiger partial charge in [-0.3, -0.25) is 0 Å². The Balaban J connectivity index is 2.26. The number of para-hydroxylation sites is 1. The molecule has 2 heteroatoms. The van der Waals surface area contributed by atoms with E-state index in [0.717, 1.165) is 4.47 Å². The average molecular weight is 332 g/mol. The lowest BCUT2D eigenvalue weighted by molar-refractivity contribution is 0.590. The summed E-state index contributed by atoms with van der Waals surface area (Å²) in [5.41, 5.74) is 3.98. The number of halogens is 1. The molecule has 0 radical (unpaired) electrons. The van der Waals surface area contributed by atoms with Crippen molar-refractivity contribution >= 4 is 21.6 Å². The van der Waals surface area contributed by atoms with E-state index in [1.807, 2.05) is 0 Å². The van der Waals surface area contributed by atoms with E-state index in [1.54, 1.807) is 0 Å². The Morgan fingerprint density at radius 3 is 2.35 bits per heavy atom. The molecule has 0 aliphatic carbocycles. The van der Waals surface area contributed by atoms with Crippen LogP contribution in [0, 0.1) is 0 Å². The number of nitrogens with one attached hydrogen (secondary N) is 1. The normalized spacial score (nSPS) is 13.1. The van der Waals surface area contributed by atoms with E-state index in [-0.39, 0.29) is 11.5 Å². The van der Waals surface area contributed by atoms with Crippen molar-refractivity contribution in [3.05, 3.63) is 64.1 Å². The molecular formula is C18H22BrN. The molecule has 0 saturated carbocycles. The Hall–Kier alpha value is -1.28. The summed E-state index contributed by atoms with van der Waals surface area (Å²) >= 11 is 3.53. The summed E-state index contributed by atoms with van der Waals surface area (Å²) in [7, 11) is 0. The molecule has 0 aromatic heterocycles. The third kappa shape index (κ3) is 3.63. The number of hydrogen-bond acceptors (Lipinski definition) is 1. The van der Waals surface area contributed by atoms with Gasteiger partial charge in [0.2, 0.25) is 0 Å². The molecule has 0 aliphatic rings. The molecule has 2 rings (SSSR count). The van der Waals surface area contributed by atoms with Gasteiger partial charge in [-0.15, -0.1) is 0 Å². The van der Waals surface area contributed by atoms with Crippen LogP contribution >= 0.6 is 15.9 Å². The van der Waals surface area contributed by atoms with Crippen LogP contribution in [0.3, 0.4) is 0 Å². The van der Waals surface area contributed by atoms with E-state index >= 15 is 0 Å². The minimum Gasteiger partial charge on any atom is -0.378 e. The third-order valence-corrected chi connectivity index (χ3v) is 3.95. The lowest BCUT2D eigenvalue weighted by atomic mass is 9.85. The molecule has 20 heavy (non-hydrogen) atoms. The second-order valence-electron chi connectivity index (χ2n) is 6.22. The zero-order chi connectivity index (χ0) is 14.8. The van der Waals surface area contributed by atoms with Crippen molar-refractivity contribution in [2.75, 3.05) is 5.32 Å². The van der Waals surface area contributed by atoms with E-state index in [1.165, 1.54) is 16.8 Å². The first-order valence-corrected chi connectivity index (χ1v) is 7.79. The number of hydrogen-bond donors (Lipinski definition) is 1. The number of rotatable bonds is 3. The minimum atomic E-state index is 0.139. The largest absolute Gasteiger partial charge is 0.378 e. The maximum Gasteiger partial charge on any atom is 0.0486 e. The molecule has 2 aromatic rings. The number of anilines is 1. The highest BCUT2D eigenvalue weighted by molar-refractivity contribution is 9.10. The fourth-order valence-electron chi connectivity index (χ4n) is 2.36. The van der Waals surface area contributed by atoms with Gasteiger partial charge in [-0.2, -0.15) is 0 Å². The zero-order valence-corrected chi connectivity index (χ0v) is 14.2. The fraction of sp³-hybridized carbons (Fsp3) is 0.333. The van der Waals surface area contributed by atoms with Gasteiger partial charge < -0.3 is 5.32 Å². The monoisotopic (exact) mass is 331 g/mol. The van der Waals surface area contributed by atoms with Crippen molar-refractivity contribution in [3.63, 3.8) is 0 Å². The van der Waals surface area contributed by atoms with Crippen molar-refractivity contribution in [1.29, 1.82) is 0 Å². The van der Waals surface area contributed by atoms with Crippen molar-refractivity contribution in [1.82, 2.24) is 0 Å². The first kappa shape index (κ1) is 15.1. The molecule has 0 aliphatic heterocycles. The molecular weight excluding hydrogens is 310 g/mol. The lowest BCUT2D eigenvalue weighted by Gasteiger charge is -2.25. The van der Waals surface area contributed by atoms with E-state index in [9.17, 15) is 0 Å². The summed E-state index contributed by atoms with van der Waals surface area (Å²) in [6.07, 6.45) is 0. The van der Waals surface area contributed by atoms with Crippen LogP contribution in [-0.4, -0.2) is 0 Å². The first-order chi connectivity index (χ1) is 9.38. The summed E-state index contributed by atoms with van der Waals surface area (Å²) in [5.74, 6) is 0. The molecule has 1 atom stereocenters. The van der Waals surface area contributed by atoms with Crippen LogP contribution in [0.25, 0.3) is 0 Å². The van der Waals surface area contributed by atoms with Gasteiger partial charge >= 0.3 is 0 Å². The van der Waals surface area contributed by atoms with Crippen molar-refractivity contribution in [2.24, 2.45) is 0 Å². The number of benzene rings is 2. The van der Waals surface area contributed by atoms with Crippen LogP contribution in [0.2, 0.25) is 0 Å². The van der Waals surface area contributed by atoms with Crippen LogP contribution in [-0.2, 0) is 5.41 Å². The summed E-state index contributed by atoms with van der Waals surface area (Å²) in [6.45, 7) is 8.94. The van der Waals surface area contributed by atoms with Crippen molar-refractivity contribution in [2.45, 2.75) is 39.2 Å². The predicted octanol–water partition coefficient (Wildman–Crippen LogP) is 5.92. The van der Waals surface area contributed by atoms with Gasteiger partial charge in [-0.1, -0.05) is 67.0 Å². The Labute approximate surface area is 130 Å². The molecule has 1 unspecified atom stereocenters. The SMILES string of the molecule is CC(Nc1ccccc1C(C)(C)C)c1cccc(Br)c1. The molecule has 1 nitrogen and oxygen atoms in total. The van der Waals surface area contributed by atoms with Crippen molar-refractivity contribution < 1.29 is 0 Å². The van der Waals surface area contributed by atoms with Gasteiger partial charge in [0.15, 0.2) is 0 Å². The molecule has 1 N–H and O–H groups in total.